The number of aliphatic imine (C=N–C) groups is 1. The quantitative estimate of drug-likeness (QED) is 0.641. The van der Waals surface area contributed by atoms with Crippen LogP contribution < -0.4 is 11.5 Å². The lowest BCUT2D eigenvalue weighted by Gasteiger charge is -2.21. The van der Waals surface area contributed by atoms with E-state index in [0.29, 0.717) is 6.54 Å². The summed E-state index contributed by atoms with van der Waals surface area (Å²) in [5, 5.41) is 0. The van der Waals surface area contributed by atoms with Gasteiger partial charge in [0.25, 0.3) is 0 Å². The van der Waals surface area contributed by atoms with E-state index in [4.69, 9.17) is 11.5 Å². The normalized spacial score (nSPS) is 16.8. The number of guanidine groups is 1. The van der Waals surface area contributed by atoms with E-state index in [0.717, 1.165) is 6.54 Å². The summed E-state index contributed by atoms with van der Waals surface area (Å²) in [5.41, 5.74) is 13.4. The zero-order chi connectivity index (χ0) is 13.5. The van der Waals surface area contributed by atoms with E-state index in [-0.39, 0.29) is 5.96 Å². The van der Waals surface area contributed by atoms with Gasteiger partial charge >= 0.3 is 0 Å². The fraction of sp³-hybridized carbons (Fsp3) is 0.533. The minimum absolute atomic E-state index is 0.157. The molecular formula is C15H24N4. The Morgan fingerprint density at radius 3 is 2.26 bits per heavy atom. The first-order chi connectivity index (χ1) is 9.25. The van der Waals surface area contributed by atoms with Gasteiger partial charge in [-0.2, -0.15) is 0 Å². The lowest BCUT2D eigenvalue weighted by atomic mass is 10.1. The van der Waals surface area contributed by atoms with Crippen molar-refractivity contribution >= 4 is 5.96 Å². The second-order valence-electron chi connectivity index (χ2n) is 5.20. The number of likely N-dealkylation sites (tertiary alicyclic amines) is 1. The van der Waals surface area contributed by atoms with Crippen molar-refractivity contribution in [2.45, 2.75) is 38.8 Å². The fourth-order valence-electron chi connectivity index (χ4n) is 2.58. The van der Waals surface area contributed by atoms with E-state index >= 15 is 0 Å². The third kappa shape index (κ3) is 4.56. The molecule has 4 nitrogen and oxygen atoms in total. The van der Waals surface area contributed by atoms with E-state index in [9.17, 15) is 0 Å². The number of nitrogens with two attached hydrogens (primary N) is 2. The number of hydrogen-bond donors (Lipinski definition) is 2. The van der Waals surface area contributed by atoms with Gasteiger partial charge in [0, 0.05) is 6.54 Å². The van der Waals surface area contributed by atoms with Gasteiger partial charge < -0.3 is 11.5 Å². The first-order valence-corrected chi connectivity index (χ1v) is 7.10. The maximum absolute atomic E-state index is 5.41. The number of nitrogens with zero attached hydrogens (tertiary/aromatic N) is 2. The third-order valence-corrected chi connectivity index (χ3v) is 3.64. The maximum Gasteiger partial charge on any atom is 0.186 e. The molecule has 1 aromatic rings. The van der Waals surface area contributed by atoms with E-state index in [1.54, 1.807) is 0 Å². The average molecular weight is 260 g/mol. The van der Waals surface area contributed by atoms with Gasteiger partial charge in [0.05, 0.1) is 6.54 Å². The summed E-state index contributed by atoms with van der Waals surface area (Å²) in [6.07, 6.45) is 5.37. The Labute approximate surface area is 115 Å². The van der Waals surface area contributed by atoms with Crippen LogP contribution in [0.3, 0.4) is 0 Å². The summed E-state index contributed by atoms with van der Waals surface area (Å²) in [4.78, 5) is 6.66. The average Bonchev–Trinajstić information content (AvgIpc) is 2.66. The van der Waals surface area contributed by atoms with Crippen LogP contribution in [0.2, 0.25) is 0 Å². The number of rotatable bonds is 4. The van der Waals surface area contributed by atoms with Gasteiger partial charge in [0.15, 0.2) is 5.96 Å². The summed E-state index contributed by atoms with van der Waals surface area (Å²) in [5.74, 6) is 0.157. The molecule has 1 aliphatic rings. The van der Waals surface area contributed by atoms with Crippen molar-refractivity contribution in [3.8, 4) is 0 Å². The molecule has 104 valence electrons. The second kappa shape index (κ2) is 7.14. The lowest BCUT2D eigenvalue weighted by Crippen LogP contribution is -2.25. The summed E-state index contributed by atoms with van der Waals surface area (Å²) in [6, 6.07) is 8.43. The van der Waals surface area contributed by atoms with Crippen LogP contribution in [0.4, 0.5) is 0 Å². The Morgan fingerprint density at radius 1 is 1.00 bits per heavy atom. The van der Waals surface area contributed by atoms with Crippen molar-refractivity contribution in [1.82, 2.24) is 4.90 Å². The van der Waals surface area contributed by atoms with Gasteiger partial charge in [-0.15, -0.1) is 0 Å². The zero-order valence-electron chi connectivity index (χ0n) is 11.5. The SMILES string of the molecule is NC(N)=NCc1ccccc1CN1CCCCCC1. The van der Waals surface area contributed by atoms with Crippen LogP contribution in [-0.2, 0) is 13.1 Å². The highest BCUT2D eigenvalue weighted by Gasteiger charge is 2.11. The highest BCUT2D eigenvalue weighted by atomic mass is 15.1. The van der Waals surface area contributed by atoms with Crippen molar-refractivity contribution in [3.05, 3.63) is 35.4 Å². The Morgan fingerprint density at radius 2 is 1.63 bits per heavy atom. The Hall–Kier alpha value is -1.55. The van der Waals surface area contributed by atoms with Crippen LogP contribution in [0, 0.1) is 0 Å². The summed E-state index contributed by atoms with van der Waals surface area (Å²) >= 11 is 0. The third-order valence-electron chi connectivity index (χ3n) is 3.64. The number of hydrogen-bond acceptors (Lipinski definition) is 2. The van der Waals surface area contributed by atoms with Crippen molar-refractivity contribution in [3.63, 3.8) is 0 Å². The summed E-state index contributed by atoms with van der Waals surface area (Å²) in [7, 11) is 0. The molecule has 0 amide bonds. The first-order valence-electron chi connectivity index (χ1n) is 7.10. The molecule has 1 aromatic carbocycles. The molecule has 4 heteroatoms. The zero-order valence-corrected chi connectivity index (χ0v) is 11.5. The van der Waals surface area contributed by atoms with Gasteiger partial charge in [0.1, 0.15) is 0 Å². The van der Waals surface area contributed by atoms with E-state index < -0.39 is 0 Å². The first kappa shape index (κ1) is 13.9. The van der Waals surface area contributed by atoms with E-state index in [1.807, 2.05) is 6.07 Å². The van der Waals surface area contributed by atoms with Gasteiger partial charge in [-0.05, 0) is 37.1 Å². The molecule has 1 aliphatic heterocycles. The largest absolute Gasteiger partial charge is 0.370 e. The molecule has 0 spiro atoms. The Kier molecular flexibility index (Phi) is 5.21. The second-order valence-corrected chi connectivity index (χ2v) is 5.20. The molecule has 0 unspecified atom stereocenters. The standard InChI is InChI=1S/C15H24N4/c16-15(17)18-11-13-7-3-4-8-14(13)12-19-9-5-1-2-6-10-19/h3-4,7-8H,1-2,5-6,9-12H2,(H4,16,17,18). The van der Waals surface area contributed by atoms with Crippen LogP contribution >= 0.6 is 0 Å². The molecule has 0 radical (unpaired) electrons. The van der Waals surface area contributed by atoms with Crippen LogP contribution in [0.1, 0.15) is 36.8 Å². The predicted octanol–water partition coefficient (Wildman–Crippen LogP) is 1.84. The molecule has 0 aliphatic carbocycles. The van der Waals surface area contributed by atoms with E-state index in [1.165, 1.54) is 49.9 Å². The molecule has 19 heavy (non-hydrogen) atoms. The molecule has 0 saturated carbocycles. The molecule has 0 atom stereocenters. The van der Waals surface area contributed by atoms with Crippen LogP contribution in [0.5, 0.6) is 0 Å². The van der Waals surface area contributed by atoms with Gasteiger partial charge in [-0.25, -0.2) is 4.99 Å². The van der Waals surface area contributed by atoms with Gasteiger partial charge in [0.2, 0.25) is 0 Å². The van der Waals surface area contributed by atoms with Crippen molar-refractivity contribution in [1.29, 1.82) is 0 Å². The van der Waals surface area contributed by atoms with Crippen molar-refractivity contribution < 1.29 is 0 Å². The minimum Gasteiger partial charge on any atom is -0.370 e. The smallest absolute Gasteiger partial charge is 0.186 e. The lowest BCUT2D eigenvalue weighted by molar-refractivity contribution is 0.276. The van der Waals surface area contributed by atoms with Gasteiger partial charge in [-0.3, -0.25) is 4.90 Å². The van der Waals surface area contributed by atoms with Crippen LogP contribution in [-0.4, -0.2) is 23.9 Å². The highest BCUT2D eigenvalue weighted by molar-refractivity contribution is 5.75. The van der Waals surface area contributed by atoms with Crippen LogP contribution in [0.15, 0.2) is 29.3 Å². The molecule has 1 fully saturated rings. The topological polar surface area (TPSA) is 67.6 Å². The van der Waals surface area contributed by atoms with Gasteiger partial charge in [-0.1, -0.05) is 37.1 Å². The Balaban J connectivity index is 2.04. The molecule has 0 aromatic heterocycles. The fourth-order valence-corrected chi connectivity index (χ4v) is 2.58. The monoisotopic (exact) mass is 260 g/mol. The van der Waals surface area contributed by atoms with Crippen molar-refractivity contribution in [2.24, 2.45) is 16.5 Å². The number of benzene rings is 1. The summed E-state index contributed by atoms with van der Waals surface area (Å²) < 4.78 is 0. The van der Waals surface area contributed by atoms with E-state index in [2.05, 4.69) is 28.1 Å². The molecule has 0 bridgehead atoms. The molecular weight excluding hydrogens is 236 g/mol. The maximum atomic E-state index is 5.41. The van der Waals surface area contributed by atoms with Crippen LogP contribution in [0.25, 0.3) is 0 Å². The summed E-state index contributed by atoms with van der Waals surface area (Å²) in [6.45, 7) is 4.00. The highest BCUT2D eigenvalue weighted by Crippen LogP contribution is 2.16. The molecule has 1 heterocycles. The minimum atomic E-state index is 0.157. The predicted molar refractivity (Wildman–Crippen MR) is 79.7 cm³/mol. The molecule has 1 saturated heterocycles. The molecule has 2 rings (SSSR count). The molecule has 4 N–H and O–H groups in total. The van der Waals surface area contributed by atoms with Crippen molar-refractivity contribution in [2.75, 3.05) is 13.1 Å². The Bertz CT molecular complexity index is 416.